The van der Waals surface area contributed by atoms with Crippen LogP contribution in [0.5, 0.6) is 0 Å². The van der Waals surface area contributed by atoms with E-state index in [2.05, 4.69) is 4.37 Å². The molecule has 0 spiro atoms. The summed E-state index contributed by atoms with van der Waals surface area (Å²) in [6.07, 6.45) is 0. The van der Waals surface area contributed by atoms with Gasteiger partial charge < -0.3 is 5.73 Å². The molecule has 1 aromatic heterocycles. The number of anilines is 1. The summed E-state index contributed by atoms with van der Waals surface area (Å²) in [7, 11) is -4.20. The molecule has 0 bridgehead atoms. The highest BCUT2D eigenvalue weighted by atomic mass is 32.2. The van der Waals surface area contributed by atoms with E-state index < -0.39 is 10.1 Å². The second-order valence-corrected chi connectivity index (χ2v) is 4.84. The molecule has 3 N–H and O–H groups in total. The van der Waals surface area contributed by atoms with Crippen molar-refractivity contribution < 1.29 is 13.0 Å². The minimum atomic E-state index is -4.20. The maximum atomic E-state index is 10.9. The van der Waals surface area contributed by atoms with Gasteiger partial charge in [0.15, 0.2) is 0 Å². The molecule has 7 heteroatoms. The molecule has 0 aliphatic carbocycles. The molecular formula is C7H6N2O3S2. The smallest absolute Gasteiger partial charge is 0.296 e. The van der Waals surface area contributed by atoms with Crippen molar-refractivity contribution in [3.8, 4) is 0 Å². The van der Waals surface area contributed by atoms with Crippen LogP contribution in [-0.2, 0) is 10.1 Å². The maximum absolute atomic E-state index is 10.9. The molecule has 0 saturated carbocycles. The van der Waals surface area contributed by atoms with Crippen LogP contribution in [0.1, 0.15) is 0 Å². The van der Waals surface area contributed by atoms with Gasteiger partial charge in [-0.15, -0.1) is 0 Å². The Hall–Kier alpha value is -1.18. The lowest BCUT2D eigenvalue weighted by Crippen LogP contribution is -1.97. The number of nitrogens with zero attached hydrogens (tertiary/aromatic N) is 1. The van der Waals surface area contributed by atoms with Crippen molar-refractivity contribution in [1.82, 2.24) is 4.37 Å². The molecule has 2 rings (SSSR count). The summed E-state index contributed by atoms with van der Waals surface area (Å²) in [4.78, 5) is -0.149. The van der Waals surface area contributed by atoms with Crippen molar-refractivity contribution in [1.29, 1.82) is 0 Å². The van der Waals surface area contributed by atoms with E-state index in [1.807, 2.05) is 0 Å². The van der Waals surface area contributed by atoms with Gasteiger partial charge in [0.25, 0.3) is 10.1 Å². The summed E-state index contributed by atoms with van der Waals surface area (Å²) in [6, 6.07) is 4.48. The third kappa shape index (κ3) is 1.35. The van der Waals surface area contributed by atoms with Gasteiger partial charge in [-0.05, 0) is 23.7 Å². The summed E-state index contributed by atoms with van der Waals surface area (Å²) >= 11 is 0.953. The highest BCUT2D eigenvalue weighted by Crippen LogP contribution is 2.30. The van der Waals surface area contributed by atoms with Gasteiger partial charge in [-0.2, -0.15) is 12.8 Å². The first-order valence-electron chi connectivity index (χ1n) is 3.61. The molecule has 74 valence electrons. The van der Waals surface area contributed by atoms with Gasteiger partial charge >= 0.3 is 0 Å². The van der Waals surface area contributed by atoms with Gasteiger partial charge in [-0.1, -0.05) is 6.07 Å². The normalized spacial score (nSPS) is 12.1. The Morgan fingerprint density at radius 3 is 2.79 bits per heavy atom. The molecule has 1 heterocycles. The molecule has 0 radical (unpaired) electrons. The summed E-state index contributed by atoms with van der Waals surface area (Å²) < 4.78 is 35.0. The van der Waals surface area contributed by atoms with Gasteiger partial charge in [-0.3, -0.25) is 4.55 Å². The second-order valence-electron chi connectivity index (χ2n) is 2.68. The van der Waals surface area contributed by atoms with E-state index in [9.17, 15) is 8.42 Å². The third-order valence-corrected chi connectivity index (χ3v) is 3.70. The standard InChI is InChI=1S/C7H6N2O3S2/c8-7-4-2-1-3-5(14(10,11)12)6(4)13-9-7/h1-3H,(H2,8,9)(H,10,11,12). The zero-order chi connectivity index (χ0) is 10.3. The van der Waals surface area contributed by atoms with Crippen LogP contribution in [0.2, 0.25) is 0 Å². The molecule has 0 saturated heterocycles. The molecule has 14 heavy (non-hydrogen) atoms. The Balaban J connectivity index is 2.92. The third-order valence-electron chi connectivity index (χ3n) is 1.77. The zero-order valence-corrected chi connectivity index (χ0v) is 8.47. The number of hydrogen-bond acceptors (Lipinski definition) is 5. The minimum absolute atomic E-state index is 0.149. The summed E-state index contributed by atoms with van der Waals surface area (Å²) in [5.41, 5.74) is 5.51. The Morgan fingerprint density at radius 1 is 1.43 bits per heavy atom. The lowest BCUT2D eigenvalue weighted by atomic mass is 10.3. The van der Waals surface area contributed by atoms with Crippen molar-refractivity contribution in [2.24, 2.45) is 0 Å². The number of hydrogen-bond donors (Lipinski definition) is 2. The number of nitrogens with two attached hydrogens (primary N) is 1. The van der Waals surface area contributed by atoms with E-state index in [-0.39, 0.29) is 10.7 Å². The van der Waals surface area contributed by atoms with Crippen LogP contribution in [0.3, 0.4) is 0 Å². The molecule has 0 amide bonds. The highest BCUT2D eigenvalue weighted by Gasteiger charge is 2.16. The van der Waals surface area contributed by atoms with Crippen LogP contribution < -0.4 is 5.73 Å². The Morgan fingerprint density at radius 2 is 2.14 bits per heavy atom. The van der Waals surface area contributed by atoms with E-state index in [1.165, 1.54) is 12.1 Å². The van der Waals surface area contributed by atoms with E-state index in [4.69, 9.17) is 10.3 Å². The first kappa shape index (κ1) is 9.38. The summed E-state index contributed by atoms with van der Waals surface area (Å²) in [5, 5.41) is 0.546. The molecule has 0 unspecified atom stereocenters. The van der Waals surface area contributed by atoms with Crippen LogP contribution in [0, 0.1) is 0 Å². The van der Waals surface area contributed by atoms with E-state index in [1.54, 1.807) is 6.07 Å². The average Bonchev–Trinajstić information content (AvgIpc) is 2.46. The van der Waals surface area contributed by atoms with Gasteiger partial charge in [0.1, 0.15) is 10.7 Å². The fraction of sp³-hybridized carbons (Fsp3) is 0. The molecule has 0 aliphatic heterocycles. The van der Waals surface area contributed by atoms with Crippen molar-refractivity contribution in [3.63, 3.8) is 0 Å². The van der Waals surface area contributed by atoms with Gasteiger partial charge in [0.2, 0.25) is 0 Å². The molecular weight excluding hydrogens is 224 g/mol. The molecule has 0 fully saturated rings. The van der Waals surface area contributed by atoms with E-state index in [0.717, 1.165) is 11.5 Å². The number of fused-ring (bicyclic) bond motifs is 1. The summed E-state index contributed by atoms with van der Waals surface area (Å²) in [6.45, 7) is 0. The molecule has 0 atom stereocenters. The Kier molecular flexibility index (Phi) is 1.95. The largest absolute Gasteiger partial charge is 0.382 e. The first-order valence-corrected chi connectivity index (χ1v) is 5.83. The van der Waals surface area contributed by atoms with Crippen LogP contribution in [0.4, 0.5) is 5.82 Å². The second kappa shape index (κ2) is 2.91. The number of nitrogen functional groups attached to an aromatic ring is 1. The Bertz CT molecular complexity index is 588. The van der Waals surface area contributed by atoms with E-state index in [0.29, 0.717) is 10.1 Å². The number of rotatable bonds is 1. The number of benzene rings is 1. The van der Waals surface area contributed by atoms with Crippen LogP contribution >= 0.6 is 11.5 Å². The van der Waals surface area contributed by atoms with Gasteiger partial charge in [0.05, 0.1) is 4.70 Å². The molecule has 2 aromatic rings. The van der Waals surface area contributed by atoms with Crippen molar-refractivity contribution in [3.05, 3.63) is 18.2 Å². The van der Waals surface area contributed by atoms with Crippen molar-refractivity contribution in [2.45, 2.75) is 4.90 Å². The predicted octanol–water partition coefficient (Wildman–Crippen LogP) is 1.13. The first-order chi connectivity index (χ1) is 6.50. The quantitative estimate of drug-likeness (QED) is 0.716. The molecule has 5 nitrogen and oxygen atoms in total. The van der Waals surface area contributed by atoms with Crippen LogP contribution in [0.25, 0.3) is 10.1 Å². The fourth-order valence-corrected chi connectivity index (χ4v) is 2.90. The Labute approximate surface area is 84.1 Å². The van der Waals surface area contributed by atoms with Gasteiger partial charge in [0, 0.05) is 5.39 Å². The van der Waals surface area contributed by atoms with Crippen LogP contribution in [-0.4, -0.2) is 17.3 Å². The average molecular weight is 230 g/mol. The van der Waals surface area contributed by atoms with E-state index >= 15 is 0 Å². The topological polar surface area (TPSA) is 93.3 Å². The van der Waals surface area contributed by atoms with Crippen LogP contribution in [0.15, 0.2) is 23.1 Å². The maximum Gasteiger partial charge on any atom is 0.296 e. The monoisotopic (exact) mass is 230 g/mol. The number of aromatic nitrogens is 1. The highest BCUT2D eigenvalue weighted by molar-refractivity contribution is 7.86. The minimum Gasteiger partial charge on any atom is -0.382 e. The fourth-order valence-electron chi connectivity index (χ4n) is 1.16. The SMILES string of the molecule is Nc1nsc2c(S(=O)(=O)O)cccc12. The zero-order valence-electron chi connectivity index (χ0n) is 6.84. The lowest BCUT2D eigenvalue weighted by Gasteiger charge is -1.97. The van der Waals surface area contributed by atoms with Crippen molar-refractivity contribution >= 4 is 37.6 Å². The molecule has 0 aliphatic rings. The molecule has 1 aromatic carbocycles. The van der Waals surface area contributed by atoms with Gasteiger partial charge in [-0.25, -0.2) is 0 Å². The lowest BCUT2D eigenvalue weighted by molar-refractivity contribution is 0.484. The predicted molar refractivity (Wildman–Crippen MR) is 53.8 cm³/mol. The van der Waals surface area contributed by atoms with Crippen molar-refractivity contribution in [2.75, 3.05) is 5.73 Å². The summed E-state index contributed by atoms with van der Waals surface area (Å²) in [5.74, 6) is 0.274.